The van der Waals surface area contributed by atoms with E-state index in [1.54, 1.807) is 0 Å². The van der Waals surface area contributed by atoms with Gasteiger partial charge in [-0.25, -0.2) is 0 Å². The molecule has 0 atom stereocenters. The van der Waals surface area contributed by atoms with Gasteiger partial charge in [-0.3, -0.25) is 0 Å². The van der Waals surface area contributed by atoms with Crippen LogP contribution < -0.4 is 10.4 Å². The van der Waals surface area contributed by atoms with Crippen LogP contribution in [0, 0.1) is 12.0 Å². The average Bonchev–Trinajstić information content (AvgIpc) is 2.40. The number of benzene rings is 2. The van der Waals surface area contributed by atoms with Crippen LogP contribution in [0.5, 0.6) is 0 Å². The first-order valence-corrected chi connectivity index (χ1v) is 8.06. The van der Waals surface area contributed by atoms with Crippen molar-refractivity contribution in [2.75, 3.05) is 0 Å². The van der Waals surface area contributed by atoms with Gasteiger partial charge >= 0.3 is 0 Å². The predicted molar refractivity (Wildman–Crippen MR) is 72.6 cm³/mol. The largest absolute Gasteiger partial charge is 0.293 e. The summed E-state index contributed by atoms with van der Waals surface area (Å²) in [4.78, 5) is 0. The van der Waals surface area contributed by atoms with Crippen molar-refractivity contribution in [3.05, 3.63) is 60.7 Å². The fourth-order valence-corrected chi connectivity index (χ4v) is 4.40. The maximum absolute atomic E-state index is 6.68. The second-order valence-corrected chi connectivity index (χ2v) is 8.00. The van der Waals surface area contributed by atoms with Crippen LogP contribution in [0.15, 0.2) is 60.7 Å². The molecule has 16 heavy (non-hydrogen) atoms. The summed E-state index contributed by atoms with van der Waals surface area (Å²) in [6.45, 7) is 0. The molecule has 2 heteroatoms. The molecule has 0 saturated heterocycles. The number of halogens is 1. The highest BCUT2D eigenvalue weighted by molar-refractivity contribution is 7.38. The second kappa shape index (κ2) is 4.57. The Hall–Kier alpha value is -1.49. The summed E-state index contributed by atoms with van der Waals surface area (Å²) >= 11 is 6.68. The fraction of sp³-hybridized carbons (Fsp3) is 0. The van der Waals surface area contributed by atoms with Crippen molar-refractivity contribution in [1.29, 1.82) is 0 Å². The molecule has 0 fully saturated rings. The summed E-state index contributed by atoms with van der Waals surface area (Å²) in [5.74, 6) is 0. The fourth-order valence-electron chi connectivity index (χ4n) is 1.67. The summed E-state index contributed by atoms with van der Waals surface area (Å²) in [6.07, 6.45) is 5.65. The Morgan fingerprint density at radius 2 is 1.19 bits per heavy atom. The van der Waals surface area contributed by atoms with Gasteiger partial charge in [0.15, 0.2) is 0 Å². The third-order valence-electron chi connectivity index (χ3n) is 2.54. The molecular weight excluding hydrogens is 232 g/mol. The zero-order chi connectivity index (χ0) is 11.4. The van der Waals surface area contributed by atoms with Crippen LogP contribution in [0.4, 0.5) is 0 Å². The van der Waals surface area contributed by atoms with Crippen molar-refractivity contribution in [1.82, 2.24) is 0 Å². The Labute approximate surface area is 102 Å². The SMILES string of the molecule is C#C[Si](Cl)(c1ccccc1)c1ccccc1. The number of hydrogen-bond acceptors (Lipinski definition) is 0. The zero-order valence-electron chi connectivity index (χ0n) is 8.73. The van der Waals surface area contributed by atoms with E-state index < -0.39 is 7.38 Å². The van der Waals surface area contributed by atoms with Crippen LogP contribution in [0.3, 0.4) is 0 Å². The molecule has 2 aromatic rings. The maximum atomic E-state index is 6.68. The van der Waals surface area contributed by atoms with E-state index >= 15 is 0 Å². The summed E-state index contributed by atoms with van der Waals surface area (Å²) in [5, 5.41) is 2.12. The van der Waals surface area contributed by atoms with Gasteiger partial charge in [-0.15, -0.1) is 23.0 Å². The predicted octanol–water partition coefficient (Wildman–Crippen LogP) is 2.16. The molecule has 0 aliphatic carbocycles. The lowest BCUT2D eigenvalue weighted by Crippen LogP contribution is -2.52. The lowest BCUT2D eigenvalue weighted by molar-refractivity contribution is 1.73. The minimum Gasteiger partial charge on any atom is -0.138 e. The highest BCUT2D eigenvalue weighted by Crippen LogP contribution is 2.08. The quantitative estimate of drug-likeness (QED) is 0.430. The monoisotopic (exact) mass is 242 g/mol. The smallest absolute Gasteiger partial charge is 0.138 e. The van der Waals surface area contributed by atoms with Gasteiger partial charge in [-0.05, 0) is 10.4 Å². The van der Waals surface area contributed by atoms with Gasteiger partial charge in [-0.2, -0.15) is 0 Å². The molecule has 0 aliphatic heterocycles. The number of hydrogen-bond donors (Lipinski definition) is 0. The molecule has 0 unspecified atom stereocenters. The summed E-state index contributed by atoms with van der Waals surface area (Å²) in [6, 6.07) is 19.8. The van der Waals surface area contributed by atoms with Gasteiger partial charge in [0.2, 0.25) is 0 Å². The Morgan fingerprint density at radius 3 is 1.50 bits per heavy atom. The minimum absolute atomic E-state index is 1.06. The van der Waals surface area contributed by atoms with Gasteiger partial charge < -0.3 is 0 Å². The van der Waals surface area contributed by atoms with Crippen molar-refractivity contribution in [2.45, 2.75) is 0 Å². The lowest BCUT2D eigenvalue weighted by Gasteiger charge is -2.18. The van der Waals surface area contributed by atoms with E-state index in [2.05, 4.69) is 5.54 Å². The molecule has 0 aliphatic rings. The standard InChI is InChI=1S/C14H11ClSi/c1-2-16(15,13-9-5-3-6-10-13)14-11-7-4-8-12-14/h1,3-12H. The molecule has 0 bridgehead atoms. The highest BCUT2D eigenvalue weighted by Gasteiger charge is 2.33. The van der Waals surface area contributed by atoms with Crippen molar-refractivity contribution < 1.29 is 0 Å². The van der Waals surface area contributed by atoms with E-state index in [1.807, 2.05) is 60.7 Å². The molecule has 0 aromatic heterocycles. The Balaban J connectivity index is 2.55. The molecule has 0 nitrogen and oxygen atoms in total. The van der Waals surface area contributed by atoms with Crippen LogP contribution in [-0.4, -0.2) is 7.38 Å². The summed E-state index contributed by atoms with van der Waals surface area (Å²) < 4.78 is 0. The van der Waals surface area contributed by atoms with Gasteiger partial charge in [-0.1, -0.05) is 60.7 Å². The third-order valence-corrected chi connectivity index (χ3v) is 6.83. The van der Waals surface area contributed by atoms with Crippen LogP contribution in [0.1, 0.15) is 0 Å². The summed E-state index contributed by atoms with van der Waals surface area (Å²) in [7, 11) is -2.48. The lowest BCUT2D eigenvalue weighted by atomic mass is 10.4. The van der Waals surface area contributed by atoms with E-state index in [0.29, 0.717) is 0 Å². The normalized spacial score (nSPS) is 10.8. The molecule has 2 aromatic carbocycles. The van der Waals surface area contributed by atoms with E-state index in [-0.39, 0.29) is 0 Å². The highest BCUT2D eigenvalue weighted by atomic mass is 35.6. The number of rotatable bonds is 2. The van der Waals surface area contributed by atoms with Crippen LogP contribution in [0.2, 0.25) is 0 Å². The van der Waals surface area contributed by atoms with Crippen molar-refractivity contribution in [3.63, 3.8) is 0 Å². The van der Waals surface area contributed by atoms with Crippen molar-refractivity contribution in [3.8, 4) is 12.0 Å². The van der Waals surface area contributed by atoms with Crippen molar-refractivity contribution in [2.24, 2.45) is 0 Å². The van der Waals surface area contributed by atoms with Gasteiger partial charge in [0.25, 0.3) is 7.38 Å². The molecule has 78 valence electrons. The Kier molecular flexibility index (Phi) is 3.14. The Bertz CT molecular complexity index is 460. The maximum Gasteiger partial charge on any atom is 0.293 e. The Morgan fingerprint density at radius 1 is 0.812 bits per heavy atom. The molecule has 0 amide bonds. The van der Waals surface area contributed by atoms with E-state index in [1.165, 1.54) is 0 Å². The van der Waals surface area contributed by atoms with Crippen LogP contribution >= 0.6 is 11.1 Å². The van der Waals surface area contributed by atoms with Gasteiger partial charge in [0.05, 0.1) is 0 Å². The van der Waals surface area contributed by atoms with Gasteiger partial charge in [0, 0.05) is 0 Å². The zero-order valence-corrected chi connectivity index (χ0v) is 10.5. The average molecular weight is 243 g/mol. The first-order chi connectivity index (χ1) is 7.77. The molecule has 0 spiro atoms. The molecule has 2 rings (SSSR count). The molecule has 0 heterocycles. The van der Waals surface area contributed by atoms with E-state index in [9.17, 15) is 0 Å². The van der Waals surface area contributed by atoms with Crippen LogP contribution in [-0.2, 0) is 0 Å². The summed E-state index contributed by atoms with van der Waals surface area (Å²) in [5.41, 5.74) is 2.82. The molecular formula is C14H11ClSi. The molecule has 0 N–H and O–H groups in total. The molecule has 0 radical (unpaired) electrons. The first-order valence-electron chi connectivity index (χ1n) is 5.05. The minimum atomic E-state index is -2.48. The topological polar surface area (TPSA) is 0 Å². The third kappa shape index (κ3) is 1.90. The van der Waals surface area contributed by atoms with E-state index in [4.69, 9.17) is 17.5 Å². The second-order valence-electron chi connectivity index (χ2n) is 3.53. The van der Waals surface area contributed by atoms with Gasteiger partial charge in [0.1, 0.15) is 0 Å². The first kappa shape index (κ1) is 11.0. The number of terminal acetylenes is 1. The van der Waals surface area contributed by atoms with E-state index in [0.717, 1.165) is 10.4 Å². The molecule has 0 saturated carbocycles. The van der Waals surface area contributed by atoms with Crippen molar-refractivity contribution >= 4 is 28.8 Å². The van der Waals surface area contributed by atoms with Crippen LogP contribution in [0.25, 0.3) is 0 Å².